The van der Waals surface area contributed by atoms with E-state index < -0.39 is 0 Å². The molecule has 0 radical (unpaired) electrons. The van der Waals surface area contributed by atoms with Crippen LogP contribution in [0.1, 0.15) is 32.1 Å². The first-order valence-electron chi connectivity index (χ1n) is 6.75. The highest BCUT2D eigenvalue weighted by Gasteiger charge is 2.20. The van der Waals surface area contributed by atoms with Gasteiger partial charge >= 0.3 is 0 Å². The summed E-state index contributed by atoms with van der Waals surface area (Å²) in [5.41, 5.74) is 7.56. The van der Waals surface area contributed by atoms with Gasteiger partial charge < -0.3 is 15.8 Å². The summed E-state index contributed by atoms with van der Waals surface area (Å²) in [6.45, 7) is 0.0710. The highest BCUT2D eigenvalue weighted by molar-refractivity contribution is 8.00. The molecule has 1 aliphatic carbocycles. The van der Waals surface area contributed by atoms with E-state index >= 15 is 0 Å². The van der Waals surface area contributed by atoms with E-state index in [0.29, 0.717) is 11.0 Å². The summed E-state index contributed by atoms with van der Waals surface area (Å²) >= 11 is 1.83. The number of hydrogen-bond acceptors (Lipinski definition) is 4. The second kappa shape index (κ2) is 5.33. The van der Waals surface area contributed by atoms with Crippen molar-refractivity contribution in [2.45, 2.75) is 42.2 Å². The van der Waals surface area contributed by atoms with Gasteiger partial charge in [0.15, 0.2) is 6.61 Å². The minimum absolute atomic E-state index is 0.0710. The van der Waals surface area contributed by atoms with E-state index in [-0.39, 0.29) is 12.5 Å². The lowest BCUT2D eigenvalue weighted by molar-refractivity contribution is -0.118. The quantitative estimate of drug-likeness (QED) is 0.816. The van der Waals surface area contributed by atoms with Crippen molar-refractivity contribution in [3.05, 3.63) is 12.1 Å². The van der Waals surface area contributed by atoms with Crippen molar-refractivity contribution in [2.75, 3.05) is 17.7 Å². The van der Waals surface area contributed by atoms with Gasteiger partial charge in [-0.25, -0.2) is 0 Å². The first-order chi connectivity index (χ1) is 9.22. The third-order valence-corrected chi connectivity index (χ3v) is 5.00. The van der Waals surface area contributed by atoms with Crippen LogP contribution >= 0.6 is 11.8 Å². The van der Waals surface area contributed by atoms with E-state index in [1.165, 1.54) is 32.1 Å². The predicted octanol–water partition coefficient (Wildman–Crippen LogP) is 3.02. The largest absolute Gasteiger partial charge is 0.482 e. The van der Waals surface area contributed by atoms with Crippen LogP contribution in [0.25, 0.3) is 0 Å². The maximum atomic E-state index is 11.3. The van der Waals surface area contributed by atoms with Crippen molar-refractivity contribution in [3.8, 4) is 5.75 Å². The normalized spacial score (nSPS) is 19.5. The molecule has 1 aliphatic heterocycles. The molecule has 2 aliphatic rings. The molecule has 0 aromatic heterocycles. The zero-order chi connectivity index (χ0) is 13.2. The summed E-state index contributed by atoms with van der Waals surface area (Å²) in [6.07, 6.45) is 6.47. The van der Waals surface area contributed by atoms with Crippen LogP contribution < -0.4 is 15.8 Å². The summed E-state index contributed by atoms with van der Waals surface area (Å²) in [6, 6.07) is 3.76. The van der Waals surface area contributed by atoms with Gasteiger partial charge in [0.25, 0.3) is 5.91 Å². The molecule has 3 N–H and O–H groups in total. The van der Waals surface area contributed by atoms with Crippen LogP contribution in [0.4, 0.5) is 11.4 Å². The van der Waals surface area contributed by atoms with Gasteiger partial charge in [-0.3, -0.25) is 4.79 Å². The van der Waals surface area contributed by atoms with Crippen LogP contribution in [-0.4, -0.2) is 17.8 Å². The smallest absolute Gasteiger partial charge is 0.262 e. The molecule has 5 heteroatoms. The molecule has 1 aromatic rings. The van der Waals surface area contributed by atoms with E-state index in [1.54, 1.807) is 0 Å². The molecule has 0 bridgehead atoms. The number of hydrogen-bond donors (Lipinski definition) is 2. The Morgan fingerprint density at radius 2 is 2.05 bits per heavy atom. The van der Waals surface area contributed by atoms with Gasteiger partial charge in [0, 0.05) is 21.9 Å². The van der Waals surface area contributed by atoms with E-state index in [9.17, 15) is 4.79 Å². The molecule has 4 nitrogen and oxygen atoms in total. The predicted molar refractivity (Wildman–Crippen MR) is 77.7 cm³/mol. The van der Waals surface area contributed by atoms with Crippen LogP contribution in [0.3, 0.4) is 0 Å². The first kappa shape index (κ1) is 12.7. The van der Waals surface area contributed by atoms with Crippen LogP contribution in [-0.2, 0) is 4.79 Å². The SMILES string of the molecule is Nc1cc2c(cc1SC1CCCCC1)NC(=O)CO2. The van der Waals surface area contributed by atoms with Gasteiger partial charge in [0.2, 0.25) is 0 Å². The summed E-state index contributed by atoms with van der Waals surface area (Å²) < 4.78 is 5.36. The van der Waals surface area contributed by atoms with Crippen LogP contribution in [0.5, 0.6) is 5.75 Å². The molecule has 0 unspecified atom stereocenters. The zero-order valence-electron chi connectivity index (χ0n) is 10.8. The lowest BCUT2D eigenvalue weighted by Gasteiger charge is -2.24. The van der Waals surface area contributed by atoms with Crippen molar-refractivity contribution in [3.63, 3.8) is 0 Å². The minimum Gasteiger partial charge on any atom is -0.482 e. The molecule has 3 rings (SSSR count). The number of carbonyl (C=O) groups excluding carboxylic acids is 1. The van der Waals surface area contributed by atoms with Crippen molar-refractivity contribution < 1.29 is 9.53 Å². The van der Waals surface area contributed by atoms with Crippen LogP contribution in [0, 0.1) is 0 Å². The molecular formula is C14H18N2O2S. The summed E-state index contributed by atoms with van der Waals surface area (Å²) in [5.74, 6) is 0.566. The Balaban J connectivity index is 1.80. The molecule has 1 fully saturated rings. The number of anilines is 2. The van der Waals surface area contributed by atoms with E-state index in [4.69, 9.17) is 10.5 Å². The molecule has 1 aromatic carbocycles. The number of rotatable bonds is 2. The number of nitrogen functional groups attached to an aromatic ring is 1. The molecule has 0 spiro atoms. The number of fused-ring (bicyclic) bond motifs is 1. The van der Waals surface area contributed by atoms with Crippen molar-refractivity contribution in [1.82, 2.24) is 0 Å². The Bertz CT molecular complexity index is 498. The molecule has 0 saturated heterocycles. The Morgan fingerprint density at radius 1 is 1.26 bits per heavy atom. The summed E-state index contributed by atoms with van der Waals surface area (Å²) in [4.78, 5) is 12.4. The fourth-order valence-corrected chi connectivity index (χ4v) is 3.90. The molecule has 1 amide bonds. The molecular weight excluding hydrogens is 260 g/mol. The maximum Gasteiger partial charge on any atom is 0.262 e. The lowest BCUT2D eigenvalue weighted by atomic mass is 10.0. The van der Waals surface area contributed by atoms with Gasteiger partial charge in [-0.1, -0.05) is 19.3 Å². The summed E-state index contributed by atoms with van der Waals surface area (Å²) in [5, 5.41) is 3.48. The maximum absolute atomic E-state index is 11.3. The van der Waals surface area contributed by atoms with E-state index in [0.717, 1.165) is 16.3 Å². The van der Waals surface area contributed by atoms with E-state index in [2.05, 4.69) is 5.32 Å². The van der Waals surface area contributed by atoms with Crippen molar-refractivity contribution in [1.29, 1.82) is 0 Å². The van der Waals surface area contributed by atoms with E-state index in [1.807, 2.05) is 23.9 Å². The minimum atomic E-state index is -0.106. The van der Waals surface area contributed by atoms with Gasteiger partial charge in [-0.2, -0.15) is 0 Å². The third-order valence-electron chi connectivity index (χ3n) is 3.59. The zero-order valence-corrected chi connectivity index (χ0v) is 11.6. The van der Waals surface area contributed by atoms with Gasteiger partial charge in [0.05, 0.1) is 5.69 Å². The summed E-state index contributed by atoms with van der Waals surface area (Å²) in [7, 11) is 0. The Morgan fingerprint density at radius 3 is 2.84 bits per heavy atom. The van der Waals surface area contributed by atoms with Crippen LogP contribution in [0.2, 0.25) is 0 Å². The van der Waals surface area contributed by atoms with Crippen LogP contribution in [0.15, 0.2) is 17.0 Å². The number of nitrogens with two attached hydrogens (primary N) is 1. The lowest BCUT2D eigenvalue weighted by Crippen LogP contribution is -2.25. The Hall–Kier alpha value is -1.36. The molecule has 0 atom stereocenters. The average molecular weight is 278 g/mol. The second-order valence-electron chi connectivity index (χ2n) is 5.10. The molecule has 1 saturated carbocycles. The monoisotopic (exact) mass is 278 g/mol. The fraction of sp³-hybridized carbons (Fsp3) is 0.500. The Kier molecular flexibility index (Phi) is 3.55. The molecule has 102 valence electrons. The van der Waals surface area contributed by atoms with Gasteiger partial charge in [-0.15, -0.1) is 11.8 Å². The fourth-order valence-electron chi connectivity index (χ4n) is 2.59. The third kappa shape index (κ3) is 2.81. The number of carbonyl (C=O) groups is 1. The molecule has 1 heterocycles. The average Bonchev–Trinajstić information content (AvgIpc) is 2.41. The number of ether oxygens (including phenoxy) is 1. The standard InChI is InChI=1S/C14H18N2O2S/c15-10-6-12-11(16-14(17)8-18-12)7-13(10)19-9-4-2-1-3-5-9/h6-7,9H,1-5,8,15H2,(H,16,17). The van der Waals surface area contributed by atoms with Gasteiger partial charge in [-0.05, 0) is 18.9 Å². The number of amides is 1. The first-order valence-corrected chi connectivity index (χ1v) is 7.63. The van der Waals surface area contributed by atoms with Crippen molar-refractivity contribution in [2.24, 2.45) is 0 Å². The second-order valence-corrected chi connectivity index (χ2v) is 6.44. The Labute approximate surface area is 117 Å². The van der Waals surface area contributed by atoms with Crippen molar-refractivity contribution >= 4 is 29.0 Å². The van der Waals surface area contributed by atoms with Gasteiger partial charge in [0.1, 0.15) is 5.75 Å². The topological polar surface area (TPSA) is 64.3 Å². The number of nitrogens with one attached hydrogen (secondary N) is 1. The highest BCUT2D eigenvalue weighted by Crippen LogP contribution is 2.41. The highest BCUT2D eigenvalue weighted by atomic mass is 32.2. The molecule has 19 heavy (non-hydrogen) atoms. The number of thioether (sulfide) groups is 1. The number of benzene rings is 1.